The molecule has 3 rings (SSSR count). The molecule has 0 saturated heterocycles. The van der Waals surface area contributed by atoms with E-state index < -0.39 is 0 Å². The molecule has 0 aliphatic heterocycles. The maximum Gasteiger partial charge on any atom is 0.267 e. The molecule has 0 atom stereocenters. The molecule has 2 heterocycles. The molecule has 4 nitrogen and oxygen atoms in total. The molecule has 0 bridgehead atoms. The van der Waals surface area contributed by atoms with Gasteiger partial charge >= 0.3 is 0 Å². The Labute approximate surface area is 153 Å². The number of carbonyl (C=O) groups is 1. The zero-order valence-electron chi connectivity index (χ0n) is 13.5. The number of anilines is 2. The van der Waals surface area contributed by atoms with Crippen molar-refractivity contribution < 1.29 is 4.79 Å². The Morgan fingerprint density at radius 1 is 1.25 bits per heavy atom. The van der Waals surface area contributed by atoms with Gasteiger partial charge in [0.25, 0.3) is 5.91 Å². The Balaban J connectivity index is 1.89. The van der Waals surface area contributed by atoms with E-state index in [4.69, 9.17) is 5.73 Å². The Morgan fingerprint density at radius 2 is 1.96 bits per heavy atom. The number of nitrogens with two attached hydrogens (primary N) is 1. The third-order valence-electron chi connectivity index (χ3n) is 3.58. The quantitative estimate of drug-likeness (QED) is 0.636. The number of thiophene rings is 1. The van der Waals surface area contributed by atoms with Crippen molar-refractivity contribution in [2.24, 2.45) is 5.92 Å². The van der Waals surface area contributed by atoms with E-state index in [1.807, 2.05) is 36.4 Å². The number of fused-ring (bicyclic) bond motifs is 1. The SMILES string of the molecule is CC(C)Cc1ccc2c(N)c(C(=O)Nc3ccc(Br)cc3)sc2n1. The molecule has 6 heteroatoms. The van der Waals surface area contributed by atoms with Crippen molar-refractivity contribution in [3.8, 4) is 0 Å². The van der Waals surface area contributed by atoms with Crippen LogP contribution < -0.4 is 11.1 Å². The van der Waals surface area contributed by atoms with Crippen LogP contribution in [0, 0.1) is 5.92 Å². The van der Waals surface area contributed by atoms with Crippen LogP contribution in [0.3, 0.4) is 0 Å². The van der Waals surface area contributed by atoms with E-state index >= 15 is 0 Å². The number of aromatic nitrogens is 1. The molecule has 0 fully saturated rings. The van der Waals surface area contributed by atoms with Gasteiger partial charge < -0.3 is 11.1 Å². The van der Waals surface area contributed by atoms with Crippen LogP contribution in [0.2, 0.25) is 0 Å². The first-order chi connectivity index (χ1) is 11.4. The van der Waals surface area contributed by atoms with Gasteiger partial charge in [-0.1, -0.05) is 29.8 Å². The van der Waals surface area contributed by atoms with Gasteiger partial charge in [-0.05, 0) is 48.7 Å². The number of halogens is 1. The van der Waals surface area contributed by atoms with E-state index in [1.165, 1.54) is 11.3 Å². The number of rotatable bonds is 4. The summed E-state index contributed by atoms with van der Waals surface area (Å²) in [5.41, 5.74) is 8.42. The van der Waals surface area contributed by atoms with Crippen LogP contribution in [-0.4, -0.2) is 10.9 Å². The number of hydrogen-bond acceptors (Lipinski definition) is 4. The Hall–Kier alpha value is -1.92. The monoisotopic (exact) mass is 403 g/mol. The summed E-state index contributed by atoms with van der Waals surface area (Å²) >= 11 is 4.71. The molecule has 3 aromatic rings. The van der Waals surface area contributed by atoms with Crippen LogP contribution in [0.1, 0.15) is 29.2 Å². The summed E-state index contributed by atoms with van der Waals surface area (Å²) in [5, 5.41) is 3.72. The standard InChI is InChI=1S/C18H18BrN3OS/c1-10(2)9-13-7-8-14-15(20)16(24-18(14)22-13)17(23)21-12-5-3-11(19)4-6-12/h3-8,10H,9,20H2,1-2H3,(H,21,23). The van der Waals surface area contributed by atoms with E-state index in [2.05, 4.69) is 40.1 Å². The number of nitrogen functional groups attached to an aromatic ring is 1. The molecule has 24 heavy (non-hydrogen) atoms. The minimum Gasteiger partial charge on any atom is -0.397 e. The summed E-state index contributed by atoms with van der Waals surface area (Å²) in [6.07, 6.45) is 0.911. The lowest BCUT2D eigenvalue weighted by molar-refractivity contribution is 0.103. The summed E-state index contributed by atoms with van der Waals surface area (Å²) in [6.45, 7) is 4.32. The molecule has 1 aromatic carbocycles. The van der Waals surface area contributed by atoms with Crippen molar-refractivity contribution in [2.75, 3.05) is 11.1 Å². The van der Waals surface area contributed by atoms with Crippen LogP contribution in [0.5, 0.6) is 0 Å². The first-order valence-electron chi connectivity index (χ1n) is 7.69. The van der Waals surface area contributed by atoms with Crippen molar-refractivity contribution >= 4 is 54.8 Å². The number of carbonyl (C=O) groups excluding carboxylic acids is 1. The predicted octanol–water partition coefficient (Wildman–Crippen LogP) is 5.09. The van der Waals surface area contributed by atoms with Crippen LogP contribution in [-0.2, 0) is 6.42 Å². The number of nitrogens with zero attached hydrogens (tertiary/aromatic N) is 1. The number of hydrogen-bond donors (Lipinski definition) is 2. The summed E-state index contributed by atoms with van der Waals surface area (Å²) in [7, 11) is 0. The number of pyridine rings is 1. The number of nitrogens with one attached hydrogen (secondary N) is 1. The van der Waals surface area contributed by atoms with Gasteiger partial charge in [-0.15, -0.1) is 11.3 Å². The summed E-state index contributed by atoms with van der Waals surface area (Å²) < 4.78 is 0.962. The van der Waals surface area contributed by atoms with Gasteiger partial charge in [0, 0.05) is 21.2 Å². The van der Waals surface area contributed by atoms with Gasteiger partial charge in [-0.25, -0.2) is 4.98 Å². The topological polar surface area (TPSA) is 68.0 Å². The minimum atomic E-state index is -0.205. The average Bonchev–Trinajstić information content (AvgIpc) is 2.85. The zero-order chi connectivity index (χ0) is 17.3. The summed E-state index contributed by atoms with van der Waals surface area (Å²) in [4.78, 5) is 18.5. The van der Waals surface area contributed by atoms with Crippen molar-refractivity contribution in [1.29, 1.82) is 0 Å². The Kier molecular flexibility index (Phi) is 4.87. The van der Waals surface area contributed by atoms with Gasteiger partial charge in [0.1, 0.15) is 9.71 Å². The maximum absolute atomic E-state index is 12.5. The zero-order valence-corrected chi connectivity index (χ0v) is 15.9. The molecule has 3 N–H and O–H groups in total. The maximum atomic E-state index is 12.5. The molecular weight excluding hydrogens is 386 g/mol. The molecule has 0 spiro atoms. The van der Waals surface area contributed by atoms with E-state index in [-0.39, 0.29) is 5.91 Å². The second kappa shape index (κ2) is 6.91. The highest BCUT2D eigenvalue weighted by Gasteiger charge is 2.18. The van der Waals surface area contributed by atoms with Gasteiger partial charge in [0.2, 0.25) is 0 Å². The van der Waals surface area contributed by atoms with Crippen LogP contribution in [0.25, 0.3) is 10.2 Å². The molecule has 0 radical (unpaired) electrons. The second-order valence-corrected chi connectivity index (χ2v) is 7.97. The Morgan fingerprint density at radius 3 is 2.62 bits per heavy atom. The first kappa shape index (κ1) is 16.9. The van der Waals surface area contributed by atoms with Gasteiger partial charge in [0.05, 0.1) is 5.69 Å². The lowest BCUT2D eigenvalue weighted by Gasteiger charge is -2.04. The Bertz CT molecular complexity index is 887. The highest BCUT2D eigenvalue weighted by Crippen LogP contribution is 2.33. The average molecular weight is 404 g/mol. The number of benzene rings is 1. The minimum absolute atomic E-state index is 0.205. The molecule has 0 unspecified atom stereocenters. The second-order valence-electron chi connectivity index (χ2n) is 6.06. The van der Waals surface area contributed by atoms with Crippen LogP contribution in [0.15, 0.2) is 40.9 Å². The van der Waals surface area contributed by atoms with Crippen molar-refractivity contribution in [2.45, 2.75) is 20.3 Å². The normalized spacial score (nSPS) is 11.2. The third kappa shape index (κ3) is 3.60. The highest BCUT2D eigenvalue weighted by molar-refractivity contribution is 9.10. The fourth-order valence-corrected chi connectivity index (χ4v) is 3.73. The predicted molar refractivity (Wildman–Crippen MR) is 105 cm³/mol. The third-order valence-corrected chi connectivity index (χ3v) is 5.22. The smallest absolute Gasteiger partial charge is 0.267 e. The largest absolute Gasteiger partial charge is 0.397 e. The lowest BCUT2D eigenvalue weighted by Crippen LogP contribution is -2.11. The molecule has 2 aromatic heterocycles. The van der Waals surface area contributed by atoms with Crippen molar-refractivity contribution in [3.05, 3.63) is 51.4 Å². The van der Waals surface area contributed by atoms with E-state index in [0.717, 1.165) is 32.5 Å². The highest BCUT2D eigenvalue weighted by atomic mass is 79.9. The van der Waals surface area contributed by atoms with E-state index in [9.17, 15) is 4.79 Å². The summed E-state index contributed by atoms with van der Waals surface area (Å²) in [6, 6.07) is 11.4. The fourth-order valence-electron chi connectivity index (χ4n) is 2.46. The first-order valence-corrected chi connectivity index (χ1v) is 9.30. The molecule has 0 aliphatic rings. The van der Waals surface area contributed by atoms with Gasteiger partial charge in [-0.2, -0.15) is 0 Å². The van der Waals surface area contributed by atoms with Crippen LogP contribution >= 0.6 is 27.3 Å². The lowest BCUT2D eigenvalue weighted by atomic mass is 10.1. The summed E-state index contributed by atoms with van der Waals surface area (Å²) in [5.74, 6) is 0.329. The van der Waals surface area contributed by atoms with E-state index in [0.29, 0.717) is 16.5 Å². The van der Waals surface area contributed by atoms with Crippen molar-refractivity contribution in [3.63, 3.8) is 0 Å². The number of amides is 1. The molecule has 1 amide bonds. The van der Waals surface area contributed by atoms with Gasteiger partial charge in [0.15, 0.2) is 0 Å². The van der Waals surface area contributed by atoms with Crippen LogP contribution in [0.4, 0.5) is 11.4 Å². The fraction of sp³-hybridized carbons (Fsp3) is 0.222. The molecular formula is C18H18BrN3OS. The molecule has 0 saturated carbocycles. The van der Waals surface area contributed by atoms with E-state index in [1.54, 1.807) is 0 Å². The molecule has 124 valence electrons. The molecule has 0 aliphatic carbocycles. The van der Waals surface area contributed by atoms with Gasteiger partial charge in [-0.3, -0.25) is 4.79 Å². The van der Waals surface area contributed by atoms with Crippen molar-refractivity contribution in [1.82, 2.24) is 4.98 Å².